The van der Waals surface area contributed by atoms with Crippen molar-refractivity contribution < 1.29 is 14.9 Å². The molecule has 0 amide bonds. The molecule has 0 saturated heterocycles. The van der Waals surface area contributed by atoms with Crippen LogP contribution in [0.15, 0.2) is 30.3 Å². The number of halogens is 2. The third kappa shape index (κ3) is 3.71. The van der Waals surface area contributed by atoms with Crippen molar-refractivity contribution in [2.24, 2.45) is 0 Å². The van der Waals surface area contributed by atoms with Crippen LogP contribution in [0, 0.1) is 0 Å². The molecule has 1 aromatic carbocycles. The first-order valence-electron chi connectivity index (χ1n) is 4.56. The van der Waals surface area contributed by atoms with E-state index < -0.39 is 0 Å². The molecule has 0 bridgehead atoms. The molecule has 1 unspecified atom stereocenters. The fourth-order valence-electron chi connectivity index (χ4n) is 1.68. The fraction of sp³-hybridized carbons (Fsp3) is 0.273. The van der Waals surface area contributed by atoms with Gasteiger partial charge >= 0.3 is 50.9 Å². The summed E-state index contributed by atoms with van der Waals surface area (Å²) in [5, 5.41) is 0. The Labute approximate surface area is 116 Å². The van der Waals surface area contributed by atoms with Crippen molar-refractivity contribution in [2.75, 3.05) is 0 Å². The van der Waals surface area contributed by atoms with Crippen molar-refractivity contribution in [3.05, 3.63) is 41.5 Å². The van der Waals surface area contributed by atoms with Crippen LogP contribution < -0.4 is 0 Å². The van der Waals surface area contributed by atoms with Gasteiger partial charge in [0.25, 0.3) is 0 Å². The average molecular weight is 489 g/mol. The second-order valence-corrected chi connectivity index (χ2v) is 22.0. The van der Waals surface area contributed by atoms with E-state index in [1.165, 1.54) is 17.5 Å². The van der Waals surface area contributed by atoms with Crippen LogP contribution in [0.1, 0.15) is 30.4 Å². The van der Waals surface area contributed by atoms with Crippen molar-refractivity contribution in [1.29, 1.82) is 0 Å². The van der Waals surface area contributed by atoms with Crippen LogP contribution in [0.5, 0.6) is 0 Å². The molecule has 1 aromatic rings. The molecule has 0 nitrogen and oxygen atoms in total. The van der Waals surface area contributed by atoms with Gasteiger partial charge in [0, 0.05) is 5.92 Å². The molecule has 3 heteroatoms. The van der Waals surface area contributed by atoms with Gasteiger partial charge in [-0.05, 0) is 17.5 Å². The van der Waals surface area contributed by atoms with Crippen LogP contribution in [0.3, 0.4) is 0 Å². The van der Waals surface area contributed by atoms with Gasteiger partial charge in [0.15, 0.2) is 0 Å². The van der Waals surface area contributed by atoms with Gasteiger partial charge in [0.05, 0.1) is 0 Å². The van der Waals surface area contributed by atoms with E-state index in [-0.39, 0.29) is 14.9 Å². The summed E-state index contributed by atoms with van der Waals surface area (Å²) in [5.41, 5.74) is 2.90. The Morgan fingerprint density at radius 3 is 2.57 bits per heavy atom. The van der Waals surface area contributed by atoms with Crippen LogP contribution in [-0.4, -0.2) is 0 Å². The minimum absolute atomic E-state index is 0.170. The van der Waals surface area contributed by atoms with Gasteiger partial charge in [-0.25, -0.2) is 0 Å². The summed E-state index contributed by atoms with van der Waals surface area (Å²) in [4.78, 5) is 0. The maximum atomic E-state index is 2.45. The van der Waals surface area contributed by atoms with E-state index in [2.05, 4.69) is 79.4 Å². The second kappa shape index (κ2) is 7.56. The number of allylic oxidation sites excluding steroid dienone is 1. The monoisotopic (exact) mass is 488 g/mol. The topological polar surface area (TPSA) is 0 Å². The zero-order valence-corrected chi connectivity index (χ0v) is 14.8. The summed E-state index contributed by atoms with van der Waals surface area (Å²) in [6.45, 7) is 2.23. The van der Waals surface area contributed by atoms with E-state index in [4.69, 9.17) is 0 Å². The second-order valence-electron chi connectivity index (χ2n) is 3.07. The van der Waals surface area contributed by atoms with E-state index in [0.717, 1.165) is 0 Å². The van der Waals surface area contributed by atoms with Crippen LogP contribution >= 0.6 is 36.1 Å². The molecule has 0 heterocycles. The van der Waals surface area contributed by atoms with Crippen LogP contribution in [0.2, 0.25) is 0 Å². The predicted molar refractivity (Wildman–Crippen MR) is 76.5 cm³/mol. The molecule has 0 radical (unpaired) electrons. The summed E-state index contributed by atoms with van der Waals surface area (Å²) in [6, 6.07) is 8.63. The zero-order chi connectivity index (χ0) is 10.4. The minimum atomic E-state index is 0.170. The molecule has 0 spiro atoms. The van der Waals surface area contributed by atoms with E-state index in [9.17, 15) is 0 Å². The van der Waals surface area contributed by atoms with E-state index in [1.807, 2.05) is 0 Å². The summed E-state index contributed by atoms with van der Waals surface area (Å²) < 4.78 is 0. The summed E-state index contributed by atoms with van der Waals surface area (Å²) in [5.74, 6) is 0.672. The molecule has 0 aliphatic heterocycles. The van der Waals surface area contributed by atoms with Gasteiger partial charge in [-0.1, -0.05) is 43.3 Å². The summed E-state index contributed by atoms with van der Waals surface area (Å²) >= 11 is 5.06. The van der Waals surface area contributed by atoms with E-state index in [1.54, 1.807) is 0 Å². The first kappa shape index (κ1) is 13.4. The van der Waals surface area contributed by atoms with Gasteiger partial charge in [-0.2, -0.15) is 0 Å². The van der Waals surface area contributed by atoms with Crippen LogP contribution in [-0.2, 0) is 14.9 Å². The number of fused-ring (bicyclic) bond motifs is 1. The number of hydrogen-bond acceptors (Lipinski definition) is 0. The Balaban J connectivity index is 0.000000293. The standard InChI is InChI=1S/C11H12.2HI.Zr/c1-2-9-7-8-10-5-3-4-6-11(9)10;;;/h3-9H,2H2,1H3;2*1H;/q;;;+2/p-2. The van der Waals surface area contributed by atoms with Gasteiger partial charge in [-0.15, -0.1) is 0 Å². The van der Waals surface area contributed by atoms with Gasteiger partial charge < -0.3 is 0 Å². The Morgan fingerprint density at radius 2 is 1.93 bits per heavy atom. The molecule has 2 rings (SSSR count). The molecule has 1 atom stereocenters. The molecule has 14 heavy (non-hydrogen) atoms. The number of benzene rings is 1. The molecule has 0 N–H and O–H groups in total. The third-order valence-corrected chi connectivity index (χ3v) is 2.34. The Hall–Kier alpha value is 1.30. The normalized spacial score (nSPS) is 16.9. The molecule has 0 fully saturated rings. The Morgan fingerprint density at radius 1 is 1.29 bits per heavy atom. The van der Waals surface area contributed by atoms with Crippen molar-refractivity contribution in [3.8, 4) is 0 Å². The van der Waals surface area contributed by atoms with Crippen molar-refractivity contribution in [1.82, 2.24) is 0 Å². The summed E-state index contributed by atoms with van der Waals surface area (Å²) in [6.07, 6.45) is 5.74. The third-order valence-electron chi connectivity index (χ3n) is 2.34. The Bertz CT molecular complexity index is 310. The molecule has 0 saturated carbocycles. The summed E-state index contributed by atoms with van der Waals surface area (Å²) in [7, 11) is 0. The average Bonchev–Trinajstić information content (AvgIpc) is 2.62. The Kier molecular flexibility index (Phi) is 7.22. The molecule has 1 aliphatic rings. The van der Waals surface area contributed by atoms with Crippen LogP contribution in [0.4, 0.5) is 0 Å². The molecule has 1 aliphatic carbocycles. The molecule has 0 aromatic heterocycles. The predicted octanol–water partition coefficient (Wildman–Crippen LogP) is 4.98. The van der Waals surface area contributed by atoms with Crippen LogP contribution in [0.25, 0.3) is 6.08 Å². The first-order chi connectivity index (χ1) is 6.83. The molecule has 74 valence electrons. The molecular formula is C11H12I2Zr. The maximum absolute atomic E-state index is 2.45. The van der Waals surface area contributed by atoms with Gasteiger partial charge in [0.1, 0.15) is 0 Å². The zero-order valence-electron chi connectivity index (χ0n) is 8.00. The number of hydrogen-bond donors (Lipinski definition) is 0. The van der Waals surface area contributed by atoms with Crippen molar-refractivity contribution >= 4 is 42.2 Å². The number of rotatable bonds is 1. The SMILES string of the molecule is CCC1C=Cc2ccccc21.[I][Zr][I]. The molecular weight excluding hydrogens is 477 g/mol. The van der Waals surface area contributed by atoms with E-state index >= 15 is 0 Å². The van der Waals surface area contributed by atoms with Crippen molar-refractivity contribution in [3.63, 3.8) is 0 Å². The first-order valence-corrected chi connectivity index (χ1v) is 19.2. The van der Waals surface area contributed by atoms with Crippen molar-refractivity contribution in [2.45, 2.75) is 19.3 Å². The van der Waals surface area contributed by atoms with Gasteiger partial charge in [-0.3, -0.25) is 0 Å². The van der Waals surface area contributed by atoms with E-state index in [0.29, 0.717) is 5.92 Å². The fourth-order valence-corrected chi connectivity index (χ4v) is 1.68. The van der Waals surface area contributed by atoms with Gasteiger partial charge in [0.2, 0.25) is 0 Å². The quantitative estimate of drug-likeness (QED) is 0.489.